The molecule has 0 saturated carbocycles. The molecule has 0 bridgehead atoms. The molecule has 1 N–H and O–H groups in total. The molecular formula is C13H20N2O4. The summed E-state index contributed by atoms with van der Waals surface area (Å²) in [6.07, 6.45) is 1.76. The number of hydrogen-bond donors (Lipinski definition) is 1. The molecule has 0 aliphatic rings. The highest BCUT2D eigenvalue weighted by Crippen LogP contribution is 2.16. The number of ether oxygens (including phenoxy) is 1. The predicted molar refractivity (Wildman–Crippen MR) is 73.8 cm³/mol. The van der Waals surface area contributed by atoms with Gasteiger partial charge in [0, 0.05) is 6.54 Å². The number of unbranched alkanes of at least 4 members (excludes halogenated alkanes) is 1. The largest absolute Gasteiger partial charge is 0.491 e. The summed E-state index contributed by atoms with van der Waals surface area (Å²) in [4.78, 5) is 35.1. The van der Waals surface area contributed by atoms with Gasteiger partial charge < -0.3 is 10.1 Å². The fourth-order valence-electron chi connectivity index (χ4n) is 1.91. The van der Waals surface area contributed by atoms with E-state index < -0.39 is 10.9 Å². The highest BCUT2D eigenvalue weighted by Gasteiger charge is 2.20. The van der Waals surface area contributed by atoms with Gasteiger partial charge in [-0.2, -0.15) is 0 Å². The van der Waals surface area contributed by atoms with Crippen LogP contribution in [0.2, 0.25) is 0 Å². The van der Waals surface area contributed by atoms with Crippen LogP contribution in [-0.2, 0) is 4.79 Å². The standard InChI is InChI=1S/C13H20N2O4/c1-9(16)8-15(2)7-5-4-6-14-10-11(17)12(18)13(10)19-3/h14H,4-8H2,1-3H3. The third-order valence-electron chi connectivity index (χ3n) is 2.83. The molecule has 1 rings (SSSR count). The Labute approximate surface area is 112 Å². The van der Waals surface area contributed by atoms with Gasteiger partial charge in [-0.25, -0.2) is 0 Å². The molecule has 0 fully saturated rings. The van der Waals surface area contributed by atoms with E-state index in [9.17, 15) is 14.4 Å². The fourth-order valence-corrected chi connectivity index (χ4v) is 1.91. The number of likely N-dealkylation sites (N-methyl/N-ethyl adjacent to an activating group) is 1. The lowest BCUT2D eigenvalue weighted by atomic mass is 10.2. The van der Waals surface area contributed by atoms with E-state index in [1.807, 2.05) is 11.9 Å². The minimum Gasteiger partial charge on any atom is -0.491 e. The van der Waals surface area contributed by atoms with E-state index in [0.29, 0.717) is 13.1 Å². The summed E-state index contributed by atoms with van der Waals surface area (Å²) >= 11 is 0. The quantitative estimate of drug-likeness (QED) is 0.502. The Morgan fingerprint density at radius 2 is 1.95 bits per heavy atom. The van der Waals surface area contributed by atoms with Crippen molar-refractivity contribution < 1.29 is 9.53 Å². The molecule has 0 radical (unpaired) electrons. The van der Waals surface area contributed by atoms with Crippen molar-refractivity contribution in [2.75, 3.05) is 39.1 Å². The highest BCUT2D eigenvalue weighted by molar-refractivity contribution is 5.77. The van der Waals surface area contributed by atoms with Gasteiger partial charge in [-0.05, 0) is 33.4 Å². The molecule has 1 aromatic carbocycles. The van der Waals surface area contributed by atoms with Crippen molar-refractivity contribution in [3.05, 3.63) is 20.4 Å². The van der Waals surface area contributed by atoms with Gasteiger partial charge in [-0.1, -0.05) is 0 Å². The number of carbonyl (C=O) groups excluding carboxylic acids is 1. The molecule has 6 heteroatoms. The second-order valence-electron chi connectivity index (χ2n) is 4.64. The second-order valence-corrected chi connectivity index (χ2v) is 4.64. The minimum atomic E-state index is -0.564. The van der Waals surface area contributed by atoms with Crippen LogP contribution in [-0.4, -0.2) is 44.5 Å². The number of ketones is 1. The van der Waals surface area contributed by atoms with Crippen LogP contribution >= 0.6 is 0 Å². The molecule has 0 atom stereocenters. The Hall–Kier alpha value is -1.69. The zero-order chi connectivity index (χ0) is 14.4. The molecule has 0 amide bonds. The molecular weight excluding hydrogens is 248 g/mol. The van der Waals surface area contributed by atoms with Gasteiger partial charge in [0.05, 0.1) is 13.7 Å². The first-order valence-electron chi connectivity index (χ1n) is 6.26. The van der Waals surface area contributed by atoms with Crippen LogP contribution in [0.15, 0.2) is 9.59 Å². The van der Waals surface area contributed by atoms with E-state index in [1.54, 1.807) is 6.92 Å². The van der Waals surface area contributed by atoms with Gasteiger partial charge in [0.2, 0.25) is 0 Å². The summed E-state index contributed by atoms with van der Waals surface area (Å²) in [6, 6.07) is 0. The Kier molecular flexibility index (Phi) is 5.69. The summed E-state index contributed by atoms with van der Waals surface area (Å²) in [5.41, 5.74) is -0.790. The van der Waals surface area contributed by atoms with Gasteiger partial charge in [0.25, 0.3) is 10.9 Å². The normalized spacial score (nSPS) is 10.9. The Bertz CT molecular complexity index is 503. The maximum absolute atomic E-state index is 11.2. The van der Waals surface area contributed by atoms with E-state index in [1.165, 1.54) is 7.11 Å². The van der Waals surface area contributed by atoms with Crippen LogP contribution < -0.4 is 20.9 Å². The Morgan fingerprint density at radius 3 is 2.53 bits per heavy atom. The van der Waals surface area contributed by atoms with E-state index in [4.69, 9.17) is 4.74 Å². The van der Waals surface area contributed by atoms with Crippen molar-refractivity contribution in [1.29, 1.82) is 0 Å². The van der Waals surface area contributed by atoms with Crippen LogP contribution in [0.5, 0.6) is 5.75 Å². The van der Waals surface area contributed by atoms with Crippen molar-refractivity contribution in [2.24, 2.45) is 0 Å². The number of nitrogens with zero attached hydrogens (tertiary/aromatic N) is 1. The van der Waals surface area contributed by atoms with Crippen LogP contribution in [0.3, 0.4) is 0 Å². The van der Waals surface area contributed by atoms with E-state index >= 15 is 0 Å². The zero-order valence-corrected chi connectivity index (χ0v) is 11.6. The SMILES string of the molecule is COc1c(NCCCCN(C)CC(C)=O)c(=O)c1=O. The van der Waals surface area contributed by atoms with E-state index in [-0.39, 0.29) is 17.2 Å². The number of methoxy groups -OCH3 is 1. The van der Waals surface area contributed by atoms with Gasteiger partial charge >= 0.3 is 0 Å². The summed E-state index contributed by atoms with van der Waals surface area (Å²) in [7, 11) is 3.27. The topological polar surface area (TPSA) is 75.7 Å². The maximum Gasteiger partial charge on any atom is 0.271 e. The van der Waals surface area contributed by atoms with Gasteiger partial charge in [0.15, 0.2) is 5.75 Å². The highest BCUT2D eigenvalue weighted by atomic mass is 16.5. The number of rotatable bonds is 9. The van der Waals surface area contributed by atoms with Crippen molar-refractivity contribution in [3.8, 4) is 5.75 Å². The minimum absolute atomic E-state index is 0.124. The van der Waals surface area contributed by atoms with Gasteiger partial charge in [0.1, 0.15) is 11.5 Å². The van der Waals surface area contributed by atoms with Crippen molar-refractivity contribution in [3.63, 3.8) is 0 Å². The first-order chi connectivity index (χ1) is 8.97. The third kappa shape index (κ3) is 4.17. The summed E-state index contributed by atoms with van der Waals surface area (Å²) in [5, 5.41) is 2.91. The number of carbonyl (C=O) groups is 1. The van der Waals surface area contributed by atoms with E-state index in [0.717, 1.165) is 19.4 Å². The smallest absolute Gasteiger partial charge is 0.271 e. The lowest BCUT2D eigenvalue weighted by Crippen LogP contribution is -2.35. The molecule has 19 heavy (non-hydrogen) atoms. The molecule has 0 aliphatic carbocycles. The molecule has 1 aromatic rings. The Balaban J connectivity index is 2.21. The van der Waals surface area contributed by atoms with Gasteiger partial charge in [-0.3, -0.25) is 19.3 Å². The fraction of sp³-hybridized carbons (Fsp3) is 0.615. The third-order valence-corrected chi connectivity index (χ3v) is 2.83. The maximum atomic E-state index is 11.2. The van der Waals surface area contributed by atoms with Crippen LogP contribution in [0.4, 0.5) is 5.69 Å². The van der Waals surface area contributed by atoms with Crippen LogP contribution in [0.1, 0.15) is 19.8 Å². The van der Waals surface area contributed by atoms with Crippen LogP contribution in [0.25, 0.3) is 0 Å². The van der Waals surface area contributed by atoms with Gasteiger partial charge in [-0.15, -0.1) is 0 Å². The average molecular weight is 268 g/mol. The van der Waals surface area contributed by atoms with Crippen molar-refractivity contribution in [2.45, 2.75) is 19.8 Å². The van der Waals surface area contributed by atoms with E-state index in [2.05, 4.69) is 5.32 Å². The first-order valence-corrected chi connectivity index (χ1v) is 6.26. The molecule has 106 valence electrons. The summed E-state index contributed by atoms with van der Waals surface area (Å²) in [5.74, 6) is 0.271. The number of nitrogens with one attached hydrogen (secondary N) is 1. The van der Waals surface area contributed by atoms with Crippen molar-refractivity contribution >= 4 is 11.5 Å². The van der Waals surface area contributed by atoms with Crippen LogP contribution in [0, 0.1) is 0 Å². The molecule has 0 saturated heterocycles. The molecule has 0 aromatic heterocycles. The first kappa shape index (κ1) is 15.4. The predicted octanol–water partition coefficient (Wildman–Crippen LogP) is 0.00410. The van der Waals surface area contributed by atoms with Crippen molar-refractivity contribution in [1.82, 2.24) is 4.90 Å². The average Bonchev–Trinajstić information content (AvgIpc) is 2.35. The molecule has 0 spiro atoms. The number of Topliss-reactive ketones (excluding diaryl/α,β-unsaturated/α-hetero) is 1. The second kappa shape index (κ2) is 7.04. The zero-order valence-electron chi connectivity index (χ0n) is 11.6. The molecule has 0 aliphatic heterocycles. The monoisotopic (exact) mass is 268 g/mol. The number of anilines is 1. The lowest BCUT2D eigenvalue weighted by Gasteiger charge is -2.15. The Morgan fingerprint density at radius 1 is 1.26 bits per heavy atom. The lowest BCUT2D eigenvalue weighted by molar-refractivity contribution is -0.117. The molecule has 0 heterocycles. The summed E-state index contributed by atoms with van der Waals surface area (Å²) < 4.78 is 4.82. The molecule has 0 unspecified atom stereocenters. The summed E-state index contributed by atoms with van der Waals surface area (Å²) in [6.45, 7) is 3.45. The number of hydrogen-bond acceptors (Lipinski definition) is 6. The molecule has 6 nitrogen and oxygen atoms in total.